The predicted octanol–water partition coefficient (Wildman–Crippen LogP) is 4.64. The van der Waals surface area contributed by atoms with E-state index in [0.717, 1.165) is 42.6 Å². The number of aromatic nitrogens is 2. The van der Waals surface area contributed by atoms with Crippen LogP contribution in [0.4, 0.5) is 8.78 Å². The molecule has 1 aliphatic heterocycles. The Morgan fingerprint density at radius 1 is 0.857 bits per heavy atom. The number of fused-ring (bicyclic) bond motifs is 1. The van der Waals surface area contributed by atoms with Crippen LogP contribution in [0.2, 0.25) is 0 Å². The summed E-state index contributed by atoms with van der Waals surface area (Å²) in [5, 5.41) is 4.18. The minimum atomic E-state index is -0.298. The largest absolute Gasteiger partial charge is 0.331 e. The van der Waals surface area contributed by atoms with Gasteiger partial charge in [-0.2, -0.15) is 0 Å². The quantitative estimate of drug-likeness (QED) is 0.407. The molecule has 1 saturated heterocycles. The lowest BCUT2D eigenvalue weighted by atomic mass is 9.88. The smallest absolute Gasteiger partial charge is 0.301 e. The van der Waals surface area contributed by atoms with Crippen LogP contribution < -0.4 is 11.2 Å². The maximum Gasteiger partial charge on any atom is 0.331 e. The first kappa shape index (κ1) is 23.4. The Kier molecular flexibility index (Phi) is 6.49. The standard InChI is InChI=1S/C27H25F2N3O2S/c1-30-24-17-35-16-23(24)26(33)32(27(30)34)15-14-31-12-10-20(11-13-31)25(18-2-6-21(28)7-3-18)19-4-8-22(29)9-5-19/h2-9,16-17H,10-15H2,1H3. The van der Waals surface area contributed by atoms with Gasteiger partial charge in [-0.1, -0.05) is 29.8 Å². The molecule has 0 atom stereocenters. The zero-order chi connectivity index (χ0) is 24.5. The second-order valence-corrected chi connectivity index (χ2v) is 9.55. The van der Waals surface area contributed by atoms with Crippen LogP contribution in [0.15, 0.2) is 74.5 Å². The fourth-order valence-electron chi connectivity index (χ4n) is 4.77. The number of aryl methyl sites for hydroxylation is 1. The Hall–Kier alpha value is -3.36. The van der Waals surface area contributed by atoms with E-state index in [9.17, 15) is 18.4 Å². The molecule has 2 aromatic carbocycles. The van der Waals surface area contributed by atoms with Gasteiger partial charge in [0.15, 0.2) is 0 Å². The maximum atomic E-state index is 13.6. The summed E-state index contributed by atoms with van der Waals surface area (Å²) in [5.41, 5.74) is 4.18. The molecule has 35 heavy (non-hydrogen) atoms. The third-order valence-electron chi connectivity index (χ3n) is 6.72. The topological polar surface area (TPSA) is 47.2 Å². The average molecular weight is 494 g/mol. The Morgan fingerprint density at radius 2 is 1.43 bits per heavy atom. The Balaban J connectivity index is 1.36. The molecule has 4 aromatic rings. The first-order valence-electron chi connectivity index (χ1n) is 11.5. The van der Waals surface area contributed by atoms with Gasteiger partial charge in [-0.15, -0.1) is 11.3 Å². The molecule has 8 heteroatoms. The predicted molar refractivity (Wildman–Crippen MR) is 136 cm³/mol. The summed E-state index contributed by atoms with van der Waals surface area (Å²) in [6.45, 7) is 2.48. The number of likely N-dealkylation sites (tertiary alicyclic amines) is 1. The van der Waals surface area contributed by atoms with Gasteiger partial charge in [-0.25, -0.2) is 13.6 Å². The van der Waals surface area contributed by atoms with Crippen LogP contribution in [-0.2, 0) is 13.6 Å². The molecule has 180 valence electrons. The van der Waals surface area contributed by atoms with Crippen LogP contribution in [-0.4, -0.2) is 33.7 Å². The minimum Gasteiger partial charge on any atom is -0.301 e. The third-order valence-corrected chi connectivity index (χ3v) is 7.45. The second-order valence-electron chi connectivity index (χ2n) is 8.80. The van der Waals surface area contributed by atoms with Gasteiger partial charge in [0.25, 0.3) is 5.56 Å². The molecule has 0 spiro atoms. The van der Waals surface area contributed by atoms with Crippen molar-refractivity contribution in [1.29, 1.82) is 0 Å². The van der Waals surface area contributed by atoms with E-state index < -0.39 is 0 Å². The molecule has 0 aliphatic carbocycles. The molecule has 2 aromatic heterocycles. The summed E-state index contributed by atoms with van der Waals surface area (Å²) in [6.07, 6.45) is 1.58. The van der Waals surface area contributed by atoms with Gasteiger partial charge in [0, 0.05) is 44.0 Å². The molecule has 0 saturated carbocycles. The summed E-state index contributed by atoms with van der Waals surface area (Å²) in [5.74, 6) is -0.594. The fourth-order valence-corrected chi connectivity index (χ4v) is 5.61. The van der Waals surface area contributed by atoms with E-state index in [2.05, 4.69) is 4.90 Å². The number of thiophene rings is 1. The Labute approximate surface area is 205 Å². The third kappa shape index (κ3) is 4.63. The van der Waals surface area contributed by atoms with Crippen LogP contribution in [0, 0.1) is 11.6 Å². The fraction of sp³-hybridized carbons (Fsp3) is 0.259. The highest BCUT2D eigenvalue weighted by Gasteiger charge is 2.20. The summed E-state index contributed by atoms with van der Waals surface area (Å²) in [7, 11) is 1.69. The highest BCUT2D eigenvalue weighted by atomic mass is 32.1. The average Bonchev–Trinajstić information content (AvgIpc) is 3.37. The van der Waals surface area contributed by atoms with Crippen molar-refractivity contribution in [2.24, 2.45) is 7.05 Å². The van der Waals surface area contributed by atoms with Gasteiger partial charge in [0.1, 0.15) is 11.6 Å². The molecule has 5 rings (SSSR count). The SMILES string of the molecule is Cn1c(=O)n(CCN2CCC(=C(c3ccc(F)cc3)c3ccc(F)cc3)CC2)c(=O)c2cscc21. The number of piperidine rings is 1. The number of hydrogen-bond donors (Lipinski definition) is 0. The van der Waals surface area contributed by atoms with E-state index in [-0.39, 0.29) is 22.9 Å². The molecular formula is C27H25F2N3O2S. The lowest BCUT2D eigenvalue weighted by molar-refractivity contribution is 0.244. The first-order chi connectivity index (χ1) is 16.9. The summed E-state index contributed by atoms with van der Waals surface area (Å²) in [4.78, 5) is 27.8. The van der Waals surface area contributed by atoms with Crippen molar-refractivity contribution < 1.29 is 8.78 Å². The van der Waals surface area contributed by atoms with Gasteiger partial charge in [0.05, 0.1) is 10.9 Å². The molecular weight excluding hydrogens is 468 g/mol. The van der Waals surface area contributed by atoms with Crippen molar-refractivity contribution in [2.75, 3.05) is 19.6 Å². The van der Waals surface area contributed by atoms with Gasteiger partial charge in [-0.3, -0.25) is 13.9 Å². The van der Waals surface area contributed by atoms with Crippen LogP contribution in [0.5, 0.6) is 0 Å². The normalized spacial score (nSPS) is 14.5. The van der Waals surface area contributed by atoms with E-state index in [1.807, 2.05) is 5.38 Å². The van der Waals surface area contributed by atoms with E-state index in [4.69, 9.17) is 0 Å². The second kappa shape index (κ2) is 9.71. The van der Waals surface area contributed by atoms with E-state index in [1.54, 1.807) is 36.7 Å². The number of halogens is 2. The summed E-state index contributed by atoms with van der Waals surface area (Å²) >= 11 is 1.42. The van der Waals surface area contributed by atoms with Crippen molar-refractivity contribution in [1.82, 2.24) is 14.0 Å². The highest BCUT2D eigenvalue weighted by molar-refractivity contribution is 7.09. The van der Waals surface area contributed by atoms with Gasteiger partial charge in [-0.05, 0) is 53.8 Å². The van der Waals surface area contributed by atoms with E-state index in [1.165, 1.54) is 50.3 Å². The molecule has 0 bridgehead atoms. The first-order valence-corrected chi connectivity index (χ1v) is 12.5. The van der Waals surface area contributed by atoms with Crippen molar-refractivity contribution >= 4 is 27.8 Å². The maximum absolute atomic E-state index is 13.6. The molecule has 0 unspecified atom stereocenters. The number of nitrogens with zero attached hydrogens (tertiary/aromatic N) is 3. The van der Waals surface area contributed by atoms with Crippen LogP contribution >= 0.6 is 11.3 Å². The van der Waals surface area contributed by atoms with Crippen LogP contribution in [0.3, 0.4) is 0 Å². The van der Waals surface area contributed by atoms with Crippen molar-refractivity contribution in [3.8, 4) is 0 Å². The molecule has 0 radical (unpaired) electrons. The molecule has 3 heterocycles. The van der Waals surface area contributed by atoms with Crippen LogP contribution in [0.25, 0.3) is 16.5 Å². The minimum absolute atomic E-state index is 0.239. The van der Waals surface area contributed by atoms with Crippen LogP contribution in [0.1, 0.15) is 24.0 Å². The zero-order valence-corrected chi connectivity index (χ0v) is 20.2. The molecule has 0 N–H and O–H groups in total. The number of hydrogen-bond acceptors (Lipinski definition) is 4. The molecule has 5 nitrogen and oxygen atoms in total. The number of rotatable bonds is 5. The van der Waals surface area contributed by atoms with Gasteiger partial charge >= 0.3 is 5.69 Å². The van der Waals surface area contributed by atoms with Gasteiger partial charge in [0.2, 0.25) is 0 Å². The monoisotopic (exact) mass is 493 g/mol. The lowest BCUT2D eigenvalue weighted by Crippen LogP contribution is -2.42. The van der Waals surface area contributed by atoms with Gasteiger partial charge < -0.3 is 4.90 Å². The van der Waals surface area contributed by atoms with E-state index >= 15 is 0 Å². The Bertz CT molecular complexity index is 1460. The Morgan fingerprint density at radius 3 is 2.00 bits per heavy atom. The lowest BCUT2D eigenvalue weighted by Gasteiger charge is -2.30. The molecule has 0 amide bonds. The molecule has 1 aliphatic rings. The zero-order valence-electron chi connectivity index (χ0n) is 19.3. The van der Waals surface area contributed by atoms with Crippen molar-refractivity contribution in [3.63, 3.8) is 0 Å². The number of benzene rings is 2. The highest BCUT2D eigenvalue weighted by Crippen LogP contribution is 2.32. The summed E-state index contributed by atoms with van der Waals surface area (Å²) in [6, 6.07) is 12.8. The molecule has 1 fully saturated rings. The van der Waals surface area contributed by atoms with Crippen molar-refractivity contribution in [2.45, 2.75) is 19.4 Å². The van der Waals surface area contributed by atoms with E-state index in [0.29, 0.717) is 24.0 Å². The summed E-state index contributed by atoms with van der Waals surface area (Å²) < 4.78 is 30.0. The van der Waals surface area contributed by atoms with Crippen molar-refractivity contribution in [3.05, 3.63) is 108 Å².